The van der Waals surface area contributed by atoms with Crippen molar-refractivity contribution in [3.05, 3.63) is 0 Å². The molecule has 1 aliphatic rings. The molecule has 1 aliphatic heterocycles. The number of aliphatic hydroxyl groups is 3. The fourth-order valence-electron chi connectivity index (χ4n) is 1.73. The third-order valence-corrected chi connectivity index (χ3v) is 4.23. The van der Waals surface area contributed by atoms with E-state index in [1.165, 1.54) is 18.7 Å². The lowest BCUT2D eigenvalue weighted by Gasteiger charge is -2.40. The second kappa shape index (κ2) is 6.70. The summed E-state index contributed by atoms with van der Waals surface area (Å²) in [6.07, 6.45) is -2.26. The highest BCUT2D eigenvalue weighted by atomic mass is 32.2. The maximum atomic E-state index is 10.8. The van der Waals surface area contributed by atoms with Crippen LogP contribution in [0.15, 0.2) is 0 Å². The van der Waals surface area contributed by atoms with Crippen LogP contribution in [0.4, 0.5) is 0 Å². The molecule has 2 unspecified atom stereocenters. The fraction of sp³-hybridized carbons (Fsp3) is 0.909. The number of hydrogen-bond acceptors (Lipinski definition) is 6. The zero-order chi connectivity index (χ0) is 13.0. The summed E-state index contributed by atoms with van der Waals surface area (Å²) in [6.45, 7) is 2.99. The van der Waals surface area contributed by atoms with Gasteiger partial charge in [-0.05, 0) is 6.92 Å². The van der Waals surface area contributed by atoms with Crippen LogP contribution >= 0.6 is 11.8 Å². The highest BCUT2D eigenvalue weighted by Crippen LogP contribution is 2.32. The van der Waals surface area contributed by atoms with Gasteiger partial charge in [-0.2, -0.15) is 0 Å². The van der Waals surface area contributed by atoms with Crippen LogP contribution < -0.4 is 0 Å². The summed E-state index contributed by atoms with van der Waals surface area (Å²) < 4.78 is 5.50. The molecule has 17 heavy (non-hydrogen) atoms. The van der Waals surface area contributed by atoms with Crippen LogP contribution in [0.25, 0.3) is 0 Å². The van der Waals surface area contributed by atoms with Gasteiger partial charge in [-0.15, -0.1) is 11.8 Å². The maximum absolute atomic E-state index is 10.8. The molecule has 1 fully saturated rings. The van der Waals surface area contributed by atoms with E-state index in [1.54, 1.807) is 6.92 Å². The first kappa shape index (κ1) is 14.9. The Morgan fingerprint density at radius 2 is 2.00 bits per heavy atom. The van der Waals surface area contributed by atoms with E-state index in [0.29, 0.717) is 12.2 Å². The Morgan fingerprint density at radius 3 is 2.53 bits per heavy atom. The second-order valence-corrected chi connectivity index (χ2v) is 5.59. The summed E-state index contributed by atoms with van der Waals surface area (Å²) in [4.78, 5) is 10.8. The van der Waals surface area contributed by atoms with Gasteiger partial charge in [-0.25, -0.2) is 0 Å². The number of hydrogen-bond donors (Lipinski definition) is 3. The Kier molecular flexibility index (Phi) is 5.88. The highest BCUT2D eigenvalue weighted by molar-refractivity contribution is 7.99. The monoisotopic (exact) mass is 264 g/mol. The van der Waals surface area contributed by atoms with E-state index < -0.39 is 18.3 Å². The Morgan fingerprint density at radius 1 is 1.35 bits per heavy atom. The molecule has 0 bridgehead atoms. The highest BCUT2D eigenvalue weighted by Gasteiger charge is 2.41. The Labute approximate surface area is 105 Å². The third-order valence-electron chi connectivity index (χ3n) is 2.92. The summed E-state index contributed by atoms with van der Waals surface area (Å²) in [5.41, 5.74) is -0.301. The third kappa shape index (κ3) is 3.93. The van der Waals surface area contributed by atoms with Crippen molar-refractivity contribution in [3.8, 4) is 0 Å². The number of thioether (sulfide) groups is 1. The number of Topliss-reactive ketones (excluding diaryl/α,β-unsaturated/α-hetero) is 1. The van der Waals surface area contributed by atoms with Crippen molar-refractivity contribution in [3.63, 3.8) is 0 Å². The van der Waals surface area contributed by atoms with Crippen LogP contribution in [0.5, 0.6) is 0 Å². The molecule has 3 N–H and O–H groups in total. The maximum Gasteiger partial charge on any atom is 0.130 e. The number of aliphatic hydroxyl groups excluding tert-OH is 3. The normalized spacial score (nSPS) is 38.1. The largest absolute Gasteiger partial charge is 0.394 e. The van der Waals surface area contributed by atoms with Gasteiger partial charge in [0.25, 0.3) is 0 Å². The molecule has 0 spiro atoms. The molecule has 1 rings (SSSR count). The van der Waals surface area contributed by atoms with E-state index >= 15 is 0 Å². The summed E-state index contributed by atoms with van der Waals surface area (Å²) in [7, 11) is 0. The smallest absolute Gasteiger partial charge is 0.130 e. The van der Waals surface area contributed by atoms with Crippen molar-refractivity contribution in [1.82, 2.24) is 0 Å². The Bertz CT molecular complexity index is 258. The summed E-state index contributed by atoms with van der Waals surface area (Å²) in [5.74, 6) is 0.496. The van der Waals surface area contributed by atoms with Gasteiger partial charge < -0.3 is 20.1 Å². The molecule has 0 aromatic carbocycles. The van der Waals surface area contributed by atoms with Crippen LogP contribution in [0.3, 0.4) is 0 Å². The minimum Gasteiger partial charge on any atom is -0.394 e. The van der Waals surface area contributed by atoms with Crippen molar-refractivity contribution in [1.29, 1.82) is 0 Å². The average molecular weight is 264 g/mol. The van der Waals surface area contributed by atoms with Gasteiger partial charge in [0.1, 0.15) is 23.4 Å². The van der Waals surface area contributed by atoms with Crippen molar-refractivity contribution in [2.75, 3.05) is 12.4 Å². The molecular formula is C11H20O5S. The topological polar surface area (TPSA) is 87.0 Å². The predicted molar refractivity (Wildman–Crippen MR) is 64.7 cm³/mol. The van der Waals surface area contributed by atoms with E-state index in [4.69, 9.17) is 9.84 Å². The van der Waals surface area contributed by atoms with Crippen molar-refractivity contribution >= 4 is 17.5 Å². The molecule has 100 valence electrons. The van der Waals surface area contributed by atoms with Gasteiger partial charge in [0, 0.05) is 18.1 Å². The molecule has 5 nitrogen and oxygen atoms in total. The van der Waals surface area contributed by atoms with E-state index in [9.17, 15) is 15.0 Å². The molecule has 0 amide bonds. The van der Waals surface area contributed by atoms with E-state index in [-0.39, 0.29) is 23.7 Å². The molecule has 0 aliphatic carbocycles. The zero-order valence-electron chi connectivity index (χ0n) is 10.1. The molecule has 0 saturated carbocycles. The molecule has 1 saturated heterocycles. The number of ketones is 1. The van der Waals surface area contributed by atoms with Crippen LogP contribution in [0.1, 0.15) is 20.3 Å². The molecule has 1 heterocycles. The number of rotatable bonds is 5. The van der Waals surface area contributed by atoms with Crippen LogP contribution in [-0.4, -0.2) is 57.2 Å². The second-order valence-electron chi connectivity index (χ2n) is 4.39. The van der Waals surface area contributed by atoms with Gasteiger partial charge in [0.15, 0.2) is 0 Å². The molecule has 0 aromatic heterocycles. The van der Waals surface area contributed by atoms with Gasteiger partial charge in [0.05, 0.1) is 12.7 Å². The van der Waals surface area contributed by atoms with E-state index in [1.807, 2.05) is 0 Å². The van der Waals surface area contributed by atoms with Gasteiger partial charge >= 0.3 is 0 Å². The summed E-state index contributed by atoms with van der Waals surface area (Å²) in [6, 6.07) is 0. The lowest BCUT2D eigenvalue weighted by Crippen LogP contribution is -2.53. The van der Waals surface area contributed by atoms with E-state index in [0.717, 1.165) is 0 Å². The summed E-state index contributed by atoms with van der Waals surface area (Å²) in [5, 5.41) is 28.5. The molecule has 0 radical (unpaired) electrons. The minimum absolute atomic E-state index is 0.111. The SMILES string of the molecule is CC(=O)CCS[C@@H]1OC(CO)[C@@H](O)[C@H](O)C1C. The predicted octanol–water partition coefficient (Wildman–Crippen LogP) is -0.226. The van der Waals surface area contributed by atoms with Gasteiger partial charge in [-0.1, -0.05) is 6.92 Å². The van der Waals surface area contributed by atoms with E-state index in [2.05, 4.69) is 0 Å². The average Bonchev–Trinajstić information content (AvgIpc) is 2.29. The van der Waals surface area contributed by atoms with Crippen LogP contribution in [0.2, 0.25) is 0 Å². The van der Waals surface area contributed by atoms with Crippen molar-refractivity contribution in [2.24, 2.45) is 5.92 Å². The fourth-order valence-corrected chi connectivity index (χ4v) is 3.05. The Hall–Kier alpha value is -0.140. The lowest BCUT2D eigenvalue weighted by molar-refractivity contribution is -0.181. The first-order valence-corrected chi connectivity index (χ1v) is 6.75. The first-order chi connectivity index (χ1) is 7.97. The quantitative estimate of drug-likeness (QED) is 0.636. The molecular weight excluding hydrogens is 244 g/mol. The zero-order valence-corrected chi connectivity index (χ0v) is 10.9. The number of carbonyl (C=O) groups excluding carboxylic acids is 1. The molecule has 6 heteroatoms. The van der Waals surface area contributed by atoms with Crippen molar-refractivity contribution < 1.29 is 24.9 Å². The summed E-state index contributed by atoms with van der Waals surface area (Å²) >= 11 is 1.43. The standard InChI is InChI=1S/C11H20O5S/c1-6(13)3-4-17-11-7(2)9(14)10(15)8(5-12)16-11/h7-12,14-15H,3-5H2,1-2H3/t7?,8?,9-,10-,11+/m1/s1. The van der Waals surface area contributed by atoms with Gasteiger partial charge in [-0.3, -0.25) is 4.79 Å². The van der Waals surface area contributed by atoms with Gasteiger partial charge in [0.2, 0.25) is 0 Å². The van der Waals surface area contributed by atoms with Crippen LogP contribution in [-0.2, 0) is 9.53 Å². The lowest BCUT2D eigenvalue weighted by atomic mass is 9.94. The number of ether oxygens (including phenoxy) is 1. The number of carbonyl (C=O) groups is 1. The Balaban J connectivity index is 2.50. The van der Waals surface area contributed by atoms with Crippen molar-refractivity contribution in [2.45, 2.75) is 44.0 Å². The first-order valence-electron chi connectivity index (χ1n) is 5.71. The molecule has 5 atom stereocenters. The van der Waals surface area contributed by atoms with Crippen LogP contribution in [0, 0.1) is 5.92 Å². The molecule has 0 aromatic rings. The minimum atomic E-state index is -1.06.